The summed E-state index contributed by atoms with van der Waals surface area (Å²) in [5.41, 5.74) is 2.72. The van der Waals surface area contributed by atoms with Crippen molar-refractivity contribution >= 4 is 34.8 Å². The van der Waals surface area contributed by atoms with Crippen LogP contribution in [0.25, 0.3) is 0 Å². The Bertz CT molecular complexity index is 1030. The fourth-order valence-electron chi connectivity index (χ4n) is 2.81. The highest BCUT2D eigenvalue weighted by Crippen LogP contribution is 2.18. The van der Waals surface area contributed by atoms with Crippen LogP contribution in [0.15, 0.2) is 72.8 Å². The molecule has 0 bridgehead atoms. The number of aryl methyl sites for hydroxylation is 1. The second-order valence-electron chi connectivity index (χ2n) is 6.79. The molecule has 2 N–H and O–H groups in total. The first-order valence-electron chi connectivity index (χ1n) is 9.68. The zero-order chi connectivity index (χ0) is 21.5. The first kappa shape index (κ1) is 21.4. The summed E-state index contributed by atoms with van der Waals surface area (Å²) in [6.45, 7) is 3.76. The van der Waals surface area contributed by atoms with E-state index in [0.29, 0.717) is 27.7 Å². The van der Waals surface area contributed by atoms with Gasteiger partial charge >= 0.3 is 0 Å². The smallest absolute Gasteiger partial charge is 0.265 e. The molecule has 0 saturated heterocycles. The maximum Gasteiger partial charge on any atom is 0.265 e. The summed E-state index contributed by atoms with van der Waals surface area (Å²) in [6, 6.07) is 21.3. The van der Waals surface area contributed by atoms with Gasteiger partial charge in [0, 0.05) is 22.0 Å². The lowest BCUT2D eigenvalue weighted by Crippen LogP contribution is -2.30. The third-order valence-corrected chi connectivity index (χ3v) is 4.72. The highest BCUT2D eigenvalue weighted by molar-refractivity contribution is 6.31. The molecular weight excluding hydrogens is 400 g/mol. The van der Waals surface area contributed by atoms with Gasteiger partial charge in [0.1, 0.15) is 5.75 Å². The number of rotatable bonds is 7. The molecule has 0 aliphatic carbocycles. The highest BCUT2D eigenvalue weighted by atomic mass is 35.5. The van der Waals surface area contributed by atoms with Crippen molar-refractivity contribution in [3.8, 4) is 5.75 Å². The number of ether oxygens (including phenoxy) is 1. The van der Waals surface area contributed by atoms with Crippen molar-refractivity contribution in [2.75, 3.05) is 10.6 Å². The lowest BCUT2D eigenvalue weighted by Gasteiger charge is -2.15. The topological polar surface area (TPSA) is 67.4 Å². The van der Waals surface area contributed by atoms with Gasteiger partial charge in [-0.15, -0.1) is 0 Å². The lowest BCUT2D eigenvalue weighted by atomic mass is 10.1. The van der Waals surface area contributed by atoms with E-state index in [0.717, 1.165) is 6.42 Å². The van der Waals surface area contributed by atoms with Crippen molar-refractivity contribution in [3.63, 3.8) is 0 Å². The standard InChI is InChI=1S/C24H23ClN2O3/c1-3-17-10-12-22(13-11-17)30-16(2)23(28)26-20-8-4-6-18(14-20)24(29)27-21-9-5-7-19(25)15-21/h4-16H,3H2,1-2H3,(H,26,28)(H,27,29). The number of carbonyl (C=O) groups excluding carboxylic acids is 2. The van der Waals surface area contributed by atoms with Gasteiger partial charge < -0.3 is 15.4 Å². The predicted molar refractivity (Wildman–Crippen MR) is 120 cm³/mol. The highest BCUT2D eigenvalue weighted by Gasteiger charge is 2.16. The van der Waals surface area contributed by atoms with Gasteiger partial charge in [-0.1, -0.05) is 42.8 Å². The van der Waals surface area contributed by atoms with Crippen molar-refractivity contribution in [3.05, 3.63) is 88.9 Å². The lowest BCUT2D eigenvalue weighted by molar-refractivity contribution is -0.122. The average Bonchev–Trinajstić information content (AvgIpc) is 2.74. The first-order chi connectivity index (χ1) is 14.4. The van der Waals surface area contributed by atoms with Gasteiger partial charge in [-0.3, -0.25) is 9.59 Å². The number of halogens is 1. The third kappa shape index (κ3) is 5.84. The van der Waals surface area contributed by atoms with Crippen LogP contribution in [0.1, 0.15) is 29.8 Å². The molecule has 0 aliphatic rings. The van der Waals surface area contributed by atoms with Gasteiger partial charge in [0.05, 0.1) is 0 Å². The second kappa shape index (κ2) is 9.94. The van der Waals surface area contributed by atoms with Crippen LogP contribution in [-0.4, -0.2) is 17.9 Å². The number of nitrogens with one attached hydrogen (secondary N) is 2. The number of benzene rings is 3. The van der Waals surface area contributed by atoms with Crippen molar-refractivity contribution in [2.45, 2.75) is 26.4 Å². The molecule has 3 aromatic carbocycles. The van der Waals surface area contributed by atoms with Crippen LogP contribution >= 0.6 is 11.6 Å². The van der Waals surface area contributed by atoms with Gasteiger partial charge in [-0.25, -0.2) is 0 Å². The van der Waals surface area contributed by atoms with E-state index in [1.807, 2.05) is 24.3 Å². The monoisotopic (exact) mass is 422 g/mol. The molecule has 0 spiro atoms. The second-order valence-corrected chi connectivity index (χ2v) is 7.23. The molecule has 1 atom stereocenters. The molecule has 154 valence electrons. The van der Waals surface area contributed by atoms with Gasteiger partial charge in [0.2, 0.25) is 0 Å². The summed E-state index contributed by atoms with van der Waals surface area (Å²) in [4.78, 5) is 25.0. The van der Waals surface area contributed by atoms with Crippen molar-refractivity contribution < 1.29 is 14.3 Å². The Balaban J connectivity index is 1.62. The van der Waals surface area contributed by atoms with Crippen molar-refractivity contribution in [1.82, 2.24) is 0 Å². The number of anilines is 2. The fraction of sp³-hybridized carbons (Fsp3) is 0.167. The fourth-order valence-corrected chi connectivity index (χ4v) is 3.00. The molecule has 0 aromatic heterocycles. The van der Waals surface area contributed by atoms with Crippen molar-refractivity contribution in [2.24, 2.45) is 0 Å². The largest absolute Gasteiger partial charge is 0.481 e. The van der Waals surface area contributed by atoms with Crippen LogP contribution in [-0.2, 0) is 11.2 Å². The van der Waals surface area contributed by atoms with E-state index in [4.69, 9.17) is 16.3 Å². The van der Waals surface area contributed by atoms with Gasteiger partial charge in [-0.2, -0.15) is 0 Å². The molecule has 0 saturated carbocycles. The van der Waals surface area contributed by atoms with E-state index in [9.17, 15) is 9.59 Å². The van der Waals surface area contributed by atoms with E-state index in [2.05, 4.69) is 17.6 Å². The maximum atomic E-state index is 12.5. The Morgan fingerprint density at radius 3 is 2.27 bits per heavy atom. The SMILES string of the molecule is CCc1ccc(OC(C)C(=O)Nc2cccc(C(=O)Nc3cccc(Cl)c3)c2)cc1. The predicted octanol–water partition coefficient (Wildman–Crippen LogP) is 5.56. The molecule has 3 rings (SSSR count). The molecule has 0 fully saturated rings. The quantitative estimate of drug-likeness (QED) is 0.523. The van der Waals surface area contributed by atoms with Crippen molar-refractivity contribution in [1.29, 1.82) is 0 Å². The van der Waals surface area contributed by atoms with Gasteiger partial charge in [0.25, 0.3) is 11.8 Å². The Morgan fingerprint density at radius 1 is 0.933 bits per heavy atom. The molecule has 1 unspecified atom stereocenters. The minimum absolute atomic E-state index is 0.298. The zero-order valence-electron chi connectivity index (χ0n) is 16.8. The molecule has 0 heterocycles. The average molecular weight is 423 g/mol. The Hall–Kier alpha value is -3.31. The Kier molecular flexibility index (Phi) is 7.09. The molecule has 30 heavy (non-hydrogen) atoms. The molecule has 2 amide bonds. The van der Waals surface area contributed by atoms with Gasteiger partial charge in [0.15, 0.2) is 6.10 Å². The summed E-state index contributed by atoms with van der Waals surface area (Å²) in [5, 5.41) is 6.11. The van der Waals surface area contributed by atoms with Crippen LogP contribution in [0.2, 0.25) is 5.02 Å². The molecule has 0 aliphatic heterocycles. The van der Waals surface area contributed by atoms with E-state index in [1.54, 1.807) is 55.5 Å². The van der Waals surface area contributed by atoms with E-state index in [1.165, 1.54) is 5.56 Å². The number of carbonyl (C=O) groups is 2. The molecule has 0 radical (unpaired) electrons. The van der Waals surface area contributed by atoms with E-state index < -0.39 is 6.10 Å². The Morgan fingerprint density at radius 2 is 1.60 bits per heavy atom. The van der Waals surface area contributed by atoms with Gasteiger partial charge in [-0.05, 0) is 67.4 Å². The van der Waals surface area contributed by atoms with E-state index >= 15 is 0 Å². The summed E-state index contributed by atoms with van der Waals surface area (Å²) in [6.07, 6.45) is 0.249. The molecule has 3 aromatic rings. The number of hydrogen-bond donors (Lipinski definition) is 2. The molecule has 6 heteroatoms. The zero-order valence-corrected chi connectivity index (χ0v) is 17.6. The van der Waals surface area contributed by atoms with Crippen LogP contribution in [0.4, 0.5) is 11.4 Å². The summed E-state index contributed by atoms with van der Waals surface area (Å²) >= 11 is 5.95. The summed E-state index contributed by atoms with van der Waals surface area (Å²) < 4.78 is 5.71. The van der Waals surface area contributed by atoms with Crippen LogP contribution in [0.3, 0.4) is 0 Å². The summed E-state index contributed by atoms with van der Waals surface area (Å²) in [5.74, 6) is 0.0279. The molecule has 5 nitrogen and oxygen atoms in total. The summed E-state index contributed by atoms with van der Waals surface area (Å²) in [7, 11) is 0. The number of amides is 2. The maximum absolute atomic E-state index is 12.5. The van der Waals surface area contributed by atoms with Crippen LogP contribution < -0.4 is 15.4 Å². The minimum Gasteiger partial charge on any atom is -0.481 e. The Labute approximate surface area is 181 Å². The molecular formula is C24H23ClN2O3. The third-order valence-electron chi connectivity index (χ3n) is 4.49. The number of hydrogen-bond acceptors (Lipinski definition) is 3. The first-order valence-corrected chi connectivity index (χ1v) is 10.1. The minimum atomic E-state index is -0.693. The van der Waals surface area contributed by atoms with Crippen LogP contribution in [0.5, 0.6) is 5.75 Å². The van der Waals surface area contributed by atoms with E-state index in [-0.39, 0.29) is 11.8 Å². The normalized spacial score (nSPS) is 11.4. The van der Waals surface area contributed by atoms with Crippen LogP contribution in [0, 0.1) is 0 Å².